The molecule has 0 aliphatic heterocycles. The molecule has 0 radical (unpaired) electrons. The van der Waals surface area contributed by atoms with Crippen LogP contribution in [0.5, 0.6) is 0 Å². The summed E-state index contributed by atoms with van der Waals surface area (Å²) in [6.07, 6.45) is 7.78. The zero-order valence-corrected chi connectivity index (χ0v) is 14.2. The van der Waals surface area contributed by atoms with Gasteiger partial charge in [-0.25, -0.2) is 0 Å². The van der Waals surface area contributed by atoms with E-state index in [4.69, 9.17) is 10.8 Å². The normalized spacial score (nSPS) is 11.3. The maximum Gasteiger partial charge on any atom is 0.303 e. The van der Waals surface area contributed by atoms with Gasteiger partial charge in [0.25, 0.3) is 0 Å². The van der Waals surface area contributed by atoms with Crippen LogP contribution in [-0.4, -0.2) is 28.0 Å². The summed E-state index contributed by atoms with van der Waals surface area (Å²) >= 11 is 8.48. The summed E-state index contributed by atoms with van der Waals surface area (Å²) in [5, 5.41) is 8.57. The number of nitrogens with two attached hydrogens (primary N) is 1. The minimum atomic E-state index is -0.682. The van der Waals surface area contributed by atoms with E-state index in [0.29, 0.717) is 18.1 Å². The molecule has 0 bridgehead atoms. The third kappa shape index (κ3) is 22.8. The van der Waals surface area contributed by atoms with Gasteiger partial charge in [0, 0.05) is 18.1 Å². The number of carbonyl (C=O) groups is 2. The van der Waals surface area contributed by atoms with Gasteiger partial charge in [-0.1, -0.05) is 26.2 Å². The van der Waals surface area contributed by atoms with E-state index in [2.05, 4.69) is 32.2 Å². The summed E-state index contributed by atoms with van der Waals surface area (Å²) < 4.78 is 0. The van der Waals surface area contributed by atoms with Crippen molar-refractivity contribution in [2.24, 2.45) is 5.73 Å². The molecule has 0 aromatic heterocycles. The summed E-state index contributed by atoms with van der Waals surface area (Å²) in [7, 11) is 0. The molecule has 1 atom stereocenters. The van der Waals surface area contributed by atoms with Gasteiger partial charge in [0.15, 0.2) is 0 Å². The first-order chi connectivity index (χ1) is 9.43. The summed E-state index contributed by atoms with van der Waals surface area (Å²) in [6.45, 7) is 2.06. The Labute approximate surface area is 133 Å². The third-order valence-corrected chi connectivity index (χ3v) is 3.44. The fourth-order valence-electron chi connectivity index (χ4n) is 1.50. The molecule has 120 valence electrons. The van der Waals surface area contributed by atoms with Crippen LogP contribution >= 0.6 is 25.3 Å². The second-order valence-corrected chi connectivity index (χ2v) is 5.91. The molecule has 1 amide bonds. The average Bonchev–Trinajstić information content (AvgIpc) is 2.35. The molecule has 4 nitrogen and oxygen atoms in total. The highest BCUT2D eigenvalue weighted by molar-refractivity contribution is 7.81. The average molecular weight is 324 g/mol. The van der Waals surface area contributed by atoms with Gasteiger partial charge < -0.3 is 10.8 Å². The van der Waals surface area contributed by atoms with Crippen LogP contribution in [0.1, 0.15) is 64.7 Å². The van der Waals surface area contributed by atoms with Gasteiger partial charge in [-0.15, -0.1) is 0 Å². The van der Waals surface area contributed by atoms with Crippen LogP contribution in [-0.2, 0) is 9.59 Å². The lowest BCUT2D eigenvalue weighted by atomic mass is 10.1. The monoisotopic (exact) mass is 323 g/mol. The molecule has 0 saturated carbocycles. The maximum atomic E-state index is 10.4. The van der Waals surface area contributed by atoms with Crippen molar-refractivity contribution in [3.63, 3.8) is 0 Å². The van der Waals surface area contributed by atoms with Crippen molar-refractivity contribution in [3.05, 3.63) is 0 Å². The van der Waals surface area contributed by atoms with Crippen LogP contribution in [0, 0.1) is 0 Å². The van der Waals surface area contributed by atoms with E-state index < -0.39 is 5.97 Å². The van der Waals surface area contributed by atoms with E-state index >= 15 is 0 Å². The Bertz CT molecular complexity index is 251. The van der Waals surface area contributed by atoms with Gasteiger partial charge >= 0.3 is 5.97 Å². The van der Waals surface area contributed by atoms with Crippen LogP contribution < -0.4 is 5.73 Å². The predicted molar refractivity (Wildman–Crippen MR) is 90.7 cm³/mol. The minimum absolute atomic E-state index is 0.208. The summed E-state index contributed by atoms with van der Waals surface area (Å²) in [5.74, 6) is -0.0115. The van der Waals surface area contributed by atoms with E-state index in [1.807, 2.05) is 0 Å². The number of hydrogen-bond acceptors (Lipinski definition) is 4. The second kappa shape index (κ2) is 16.7. The lowest BCUT2D eigenvalue weighted by Gasteiger charge is -2.07. The summed E-state index contributed by atoms with van der Waals surface area (Å²) in [6, 6.07) is 0. The van der Waals surface area contributed by atoms with Gasteiger partial charge in [0.05, 0.1) is 0 Å². The highest BCUT2D eigenvalue weighted by Gasteiger charge is 2.01. The topological polar surface area (TPSA) is 80.4 Å². The number of rotatable bonds is 11. The first-order valence-corrected chi connectivity index (χ1v) is 8.37. The van der Waals surface area contributed by atoms with Crippen molar-refractivity contribution in [1.29, 1.82) is 0 Å². The molecule has 0 rings (SSSR count). The molecule has 1 unspecified atom stereocenters. The van der Waals surface area contributed by atoms with Crippen molar-refractivity contribution >= 4 is 37.1 Å². The fourth-order valence-corrected chi connectivity index (χ4v) is 2.33. The summed E-state index contributed by atoms with van der Waals surface area (Å²) in [4.78, 5) is 20.2. The minimum Gasteiger partial charge on any atom is -0.481 e. The Morgan fingerprint density at radius 1 is 1.10 bits per heavy atom. The number of carboxylic acids is 1. The van der Waals surface area contributed by atoms with Gasteiger partial charge in [-0.3, -0.25) is 9.59 Å². The van der Waals surface area contributed by atoms with Crippen molar-refractivity contribution in [2.45, 2.75) is 70.0 Å². The number of amides is 1. The lowest BCUT2D eigenvalue weighted by Crippen LogP contribution is -2.10. The van der Waals surface area contributed by atoms with Crippen LogP contribution in [0.2, 0.25) is 0 Å². The number of carbonyl (C=O) groups excluding carboxylic acids is 1. The molecule has 0 heterocycles. The molecule has 20 heavy (non-hydrogen) atoms. The van der Waals surface area contributed by atoms with Crippen LogP contribution in [0.15, 0.2) is 0 Å². The number of aliphatic carboxylic acids is 1. The van der Waals surface area contributed by atoms with Crippen LogP contribution in [0.4, 0.5) is 0 Å². The van der Waals surface area contributed by atoms with E-state index in [0.717, 1.165) is 50.7 Å². The molecule has 3 N–H and O–H groups in total. The molecular weight excluding hydrogens is 294 g/mol. The first kappa shape index (κ1) is 21.9. The van der Waals surface area contributed by atoms with Gasteiger partial charge in [-0.2, -0.15) is 25.3 Å². The van der Waals surface area contributed by atoms with Gasteiger partial charge in [0.1, 0.15) is 0 Å². The van der Waals surface area contributed by atoms with Crippen LogP contribution in [0.25, 0.3) is 0 Å². The number of unbranched alkanes of at least 4 members (excludes halogenated alkanes) is 3. The van der Waals surface area contributed by atoms with E-state index in [1.165, 1.54) is 0 Å². The van der Waals surface area contributed by atoms with Crippen molar-refractivity contribution < 1.29 is 14.7 Å². The molecule has 0 spiro atoms. The van der Waals surface area contributed by atoms with Crippen molar-refractivity contribution in [3.8, 4) is 0 Å². The van der Waals surface area contributed by atoms with Crippen molar-refractivity contribution in [1.82, 2.24) is 0 Å². The largest absolute Gasteiger partial charge is 0.481 e. The highest BCUT2D eigenvalue weighted by atomic mass is 32.1. The first-order valence-electron chi connectivity index (χ1n) is 7.23. The smallest absolute Gasteiger partial charge is 0.303 e. The Hall–Kier alpha value is -0.360. The predicted octanol–water partition coefficient (Wildman–Crippen LogP) is 3.30. The number of carboxylic acid groups (broad SMARTS) is 1. The highest BCUT2D eigenvalue weighted by Crippen LogP contribution is 2.12. The quantitative estimate of drug-likeness (QED) is 0.348. The SMILES string of the molecule is CCCCCC(=O)O.NC(=O)CCCCC(S)CCS. The zero-order valence-electron chi connectivity index (χ0n) is 12.4. The maximum absolute atomic E-state index is 10.4. The zero-order chi connectivity index (χ0) is 15.8. The second-order valence-electron chi connectivity index (χ2n) is 4.73. The lowest BCUT2D eigenvalue weighted by molar-refractivity contribution is -0.137. The fraction of sp³-hybridized carbons (Fsp3) is 0.857. The van der Waals surface area contributed by atoms with E-state index in [1.54, 1.807) is 0 Å². The Morgan fingerprint density at radius 3 is 2.15 bits per heavy atom. The Balaban J connectivity index is 0. The molecule has 0 aromatic rings. The molecule has 0 saturated heterocycles. The van der Waals surface area contributed by atoms with Gasteiger partial charge in [-0.05, 0) is 31.4 Å². The molecule has 6 heteroatoms. The number of primary amides is 1. The third-order valence-electron chi connectivity index (χ3n) is 2.67. The summed E-state index contributed by atoms with van der Waals surface area (Å²) in [5.41, 5.74) is 5.00. The van der Waals surface area contributed by atoms with Gasteiger partial charge in [0.2, 0.25) is 5.91 Å². The standard InChI is InChI=1S/C8H17NOS2.C6H12O2/c9-8(10)4-2-1-3-7(12)5-6-11;1-2-3-4-5-6(7)8/h7,11-12H,1-6H2,(H2,9,10);2-5H2,1H3,(H,7,8). The number of thiol groups is 2. The van der Waals surface area contributed by atoms with Crippen LogP contribution in [0.3, 0.4) is 0 Å². The molecule has 0 aliphatic rings. The van der Waals surface area contributed by atoms with E-state index in [-0.39, 0.29) is 5.91 Å². The van der Waals surface area contributed by atoms with E-state index in [9.17, 15) is 9.59 Å². The molecular formula is C14H29NO3S2. The molecule has 0 aliphatic carbocycles. The number of hydrogen-bond donors (Lipinski definition) is 4. The molecule has 0 aromatic carbocycles. The Morgan fingerprint density at radius 2 is 1.70 bits per heavy atom. The molecule has 0 fully saturated rings. The Kier molecular flexibility index (Phi) is 18.3. The van der Waals surface area contributed by atoms with Crippen molar-refractivity contribution in [2.75, 3.05) is 5.75 Å².